The van der Waals surface area contributed by atoms with Gasteiger partial charge in [0, 0.05) is 13.1 Å². The number of carbonyl (C=O) groups excluding carboxylic acids is 2. The van der Waals surface area contributed by atoms with Crippen molar-refractivity contribution < 1.29 is 9.59 Å². The number of nitrogens with one attached hydrogen (secondary N) is 1. The van der Waals surface area contributed by atoms with Gasteiger partial charge in [0.2, 0.25) is 5.91 Å². The zero-order valence-corrected chi connectivity index (χ0v) is 12.2. The molecule has 3 amide bonds. The molecule has 1 aliphatic heterocycles. The zero-order chi connectivity index (χ0) is 14.5. The molecule has 1 aromatic heterocycles. The Labute approximate surface area is 122 Å². The fraction of sp³-hybridized carbons (Fsp3) is 0.462. The Kier molecular flexibility index (Phi) is 4.84. The topological polar surface area (TPSA) is 88.3 Å². The largest absolute Gasteiger partial charge is 0.351 e. The first kappa shape index (κ1) is 14.6. The summed E-state index contributed by atoms with van der Waals surface area (Å²) in [5.41, 5.74) is 5.93. The smallest absolute Gasteiger partial charge is 0.314 e. The number of anilines is 1. The Bertz CT molecular complexity index is 492. The van der Waals surface area contributed by atoms with Crippen molar-refractivity contribution in [2.24, 2.45) is 11.7 Å². The van der Waals surface area contributed by atoms with Crippen LogP contribution < -0.4 is 11.1 Å². The minimum absolute atomic E-state index is 0.0883. The zero-order valence-electron chi connectivity index (χ0n) is 11.3. The molecule has 2 rings (SSSR count). The van der Waals surface area contributed by atoms with Crippen molar-refractivity contribution >= 4 is 29.4 Å². The Hall–Kier alpha value is -1.76. The fourth-order valence-corrected chi connectivity index (χ4v) is 2.57. The number of piperidine rings is 1. The third-order valence-electron chi connectivity index (χ3n) is 3.32. The molecule has 1 aromatic rings. The van der Waals surface area contributed by atoms with Crippen molar-refractivity contribution in [1.29, 1.82) is 0 Å². The van der Waals surface area contributed by atoms with E-state index in [0.717, 1.165) is 17.9 Å². The SMILES string of the molecule is CSc1ccc(NC(=O)C2CCCN(C(N)=O)C2)cn1. The first-order valence-corrected chi connectivity index (χ1v) is 7.68. The van der Waals surface area contributed by atoms with E-state index in [1.807, 2.05) is 18.4 Å². The Morgan fingerprint density at radius 3 is 2.90 bits per heavy atom. The third-order valence-corrected chi connectivity index (χ3v) is 3.98. The van der Waals surface area contributed by atoms with Crippen LogP contribution in [0.1, 0.15) is 12.8 Å². The van der Waals surface area contributed by atoms with Gasteiger partial charge in [0.1, 0.15) is 0 Å². The van der Waals surface area contributed by atoms with E-state index >= 15 is 0 Å². The number of thioether (sulfide) groups is 1. The van der Waals surface area contributed by atoms with E-state index in [1.54, 1.807) is 18.0 Å². The molecule has 1 atom stereocenters. The normalized spacial score (nSPS) is 18.6. The van der Waals surface area contributed by atoms with Gasteiger partial charge in [0.25, 0.3) is 0 Å². The molecule has 108 valence electrons. The number of amides is 3. The quantitative estimate of drug-likeness (QED) is 0.828. The Morgan fingerprint density at radius 2 is 2.30 bits per heavy atom. The van der Waals surface area contributed by atoms with Crippen LogP contribution >= 0.6 is 11.8 Å². The molecule has 0 radical (unpaired) electrons. The lowest BCUT2D eigenvalue weighted by Crippen LogP contribution is -2.46. The molecule has 6 nitrogen and oxygen atoms in total. The molecule has 3 N–H and O–H groups in total. The highest BCUT2D eigenvalue weighted by Crippen LogP contribution is 2.19. The lowest BCUT2D eigenvalue weighted by Gasteiger charge is -2.30. The second-order valence-electron chi connectivity index (χ2n) is 4.70. The lowest BCUT2D eigenvalue weighted by atomic mass is 9.97. The number of carbonyl (C=O) groups is 2. The molecule has 2 heterocycles. The average Bonchev–Trinajstić information content (AvgIpc) is 2.48. The van der Waals surface area contributed by atoms with Crippen LogP contribution in [0.5, 0.6) is 0 Å². The van der Waals surface area contributed by atoms with E-state index in [-0.39, 0.29) is 11.8 Å². The van der Waals surface area contributed by atoms with E-state index in [9.17, 15) is 9.59 Å². The number of likely N-dealkylation sites (tertiary alicyclic amines) is 1. The highest BCUT2D eigenvalue weighted by Gasteiger charge is 2.27. The highest BCUT2D eigenvalue weighted by molar-refractivity contribution is 7.98. The van der Waals surface area contributed by atoms with Gasteiger partial charge in [-0.25, -0.2) is 9.78 Å². The predicted octanol–water partition coefficient (Wildman–Crippen LogP) is 1.53. The van der Waals surface area contributed by atoms with Crippen LogP contribution in [0.4, 0.5) is 10.5 Å². The lowest BCUT2D eigenvalue weighted by molar-refractivity contribution is -0.121. The van der Waals surface area contributed by atoms with Crippen LogP contribution in [0, 0.1) is 5.92 Å². The molecule has 7 heteroatoms. The molecule has 1 unspecified atom stereocenters. The van der Waals surface area contributed by atoms with Crippen LogP contribution in [0.25, 0.3) is 0 Å². The summed E-state index contributed by atoms with van der Waals surface area (Å²) in [5.74, 6) is -0.300. The van der Waals surface area contributed by atoms with E-state index < -0.39 is 6.03 Å². The Balaban J connectivity index is 1.95. The van der Waals surface area contributed by atoms with Crippen molar-refractivity contribution in [1.82, 2.24) is 9.88 Å². The first-order chi connectivity index (χ1) is 9.60. The number of nitrogens with two attached hydrogens (primary N) is 1. The molecule has 1 fully saturated rings. The van der Waals surface area contributed by atoms with Gasteiger partial charge in [0.05, 0.1) is 22.8 Å². The second kappa shape index (κ2) is 6.60. The monoisotopic (exact) mass is 294 g/mol. The number of hydrogen-bond donors (Lipinski definition) is 2. The van der Waals surface area contributed by atoms with Crippen LogP contribution in [-0.4, -0.2) is 41.2 Å². The van der Waals surface area contributed by atoms with Gasteiger partial charge in [-0.3, -0.25) is 4.79 Å². The summed E-state index contributed by atoms with van der Waals surface area (Å²) in [5, 5.41) is 3.74. The summed E-state index contributed by atoms with van der Waals surface area (Å²) in [4.78, 5) is 29.0. The van der Waals surface area contributed by atoms with Crippen LogP contribution in [0.15, 0.2) is 23.4 Å². The van der Waals surface area contributed by atoms with Crippen molar-refractivity contribution in [2.75, 3.05) is 24.7 Å². The summed E-state index contributed by atoms with van der Waals surface area (Å²) < 4.78 is 0. The molecule has 0 aliphatic carbocycles. The maximum absolute atomic E-state index is 12.2. The van der Waals surface area contributed by atoms with Crippen LogP contribution in [0.3, 0.4) is 0 Å². The average molecular weight is 294 g/mol. The minimum Gasteiger partial charge on any atom is -0.351 e. The van der Waals surface area contributed by atoms with E-state index in [0.29, 0.717) is 18.8 Å². The molecular weight excluding hydrogens is 276 g/mol. The van der Waals surface area contributed by atoms with Crippen molar-refractivity contribution in [3.8, 4) is 0 Å². The van der Waals surface area contributed by atoms with Crippen molar-refractivity contribution in [3.05, 3.63) is 18.3 Å². The molecule has 1 aliphatic rings. The van der Waals surface area contributed by atoms with Crippen molar-refractivity contribution in [3.63, 3.8) is 0 Å². The molecule has 0 saturated carbocycles. The van der Waals surface area contributed by atoms with Gasteiger partial charge in [-0.05, 0) is 31.2 Å². The summed E-state index contributed by atoms with van der Waals surface area (Å²) in [6, 6.07) is 3.22. The number of urea groups is 1. The minimum atomic E-state index is -0.464. The molecule has 0 spiro atoms. The molecule has 0 bridgehead atoms. The molecule has 20 heavy (non-hydrogen) atoms. The summed E-state index contributed by atoms with van der Waals surface area (Å²) in [7, 11) is 0. The van der Waals surface area contributed by atoms with Crippen LogP contribution in [-0.2, 0) is 4.79 Å². The number of nitrogens with zero attached hydrogens (tertiary/aromatic N) is 2. The van der Waals surface area contributed by atoms with E-state index in [4.69, 9.17) is 5.73 Å². The van der Waals surface area contributed by atoms with Gasteiger partial charge in [-0.15, -0.1) is 11.8 Å². The van der Waals surface area contributed by atoms with Gasteiger partial charge >= 0.3 is 6.03 Å². The summed E-state index contributed by atoms with van der Waals surface area (Å²) in [6.45, 7) is 1.01. The summed E-state index contributed by atoms with van der Waals surface area (Å²) >= 11 is 1.55. The summed E-state index contributed by atoms with van der Waals surface area (Å²) in [6.07, 6.45) is 5.15. The number of rotatable bonds is 3. The predicted molar refractivity (Wildman–Crippen MR) is 78.5 cm³/mol. The van der Waals surface area contributed by atoms with Gasteiger partial charge in [0.15, 0.2) is 0 Å². The van der Waals surface area contributed by atoms with Crippen LogP contribution in [0.2, 0.25) is 0 Å². The molecular formula is C13H18N4O2S. The third kappa shape index (κ3) is 3.63. The number of pyridine rings is 1. The van der Waals surface area contributed by atoms with E-state index in [1.165, 1.54) is 4.90 Å². The molecule has 0 aromatic carbocycles. The van der Waals surface area contributed by atoms with Crippen molar-refractivity contribution in [2.45, 2.75) is 17.9 Å². The number of hydrogen-bond acceptors (Lipinski definition) is 4. The van der Waals surface area contributed by atoms with Gasteiger partial charge in [-0.1, -0.05) is 0 Å². The van der Waals surface area contributed by atoms with E-state index in [2.05, 4.69) is 10.3 Å². The maximum atomic E-state index is 12.2. The maximum Gasteiger partial charge on any atom is 0.314 e. The number of primary amides is 1. The Morgan fingerprint density at radius 1 is 1.50 bits per heavy atom. The van der Waals surface area contributed by atoms with Gasteiger partial charge in [-0.2, -0.15) is 0 Å². The highest BCUT2D eigenvalue weighted by atomic mass is 32.2. The number of aromatic nitrogens is 1. The molecule has 1 saturated heterocycles. The second-order valence-corrected chi connectivity index (χ2v) is 5.53. The fourth-order valence-electron chi connectivity index (χ4n) is 2.21. The standard InChI is InChI=1S/C13H18N4O2S/c1-20-11-5-4-10(7-15-11)16-12(18)9-3-2-6-17(8-9)13(14)19/h4-5,7,9H,2-3,6,8H2,1H3,(H2,14,19)(H,16,18). The van der Waals surface area contributed by atoms with Gasteiger partial charge < -0.3 is 16.0 Å². The first-order valence-electron chi connectivity index (χ1n) is 6.45.